The first kappa shape index (κ1) is 17.5. The zero-order chi connectivity index (χ0) is 14.7. The van der Waals surface area contributed by atoms with Crippen LogP contribution in [0.25, 0.3) is 0 Å². The Morgan fingerprint density at radius 1 is 1.21 bits per heavy atom. The van der Waals surface area contributed by atoms with Gasteiger partial charge in [0.2, 0.25) is 0 Å². The Balaban J connectivity index is 3.46. The Hall–Kier alpha value is -1.50. The first-order valence-corrected chi connectivity index (χ1v) is 6.64. The molecule has 0 unspecified atom stereocenters. The zero-order valence-electron chi connectivity index (χ0n) is 12.3. The monoisotopic (exact) mass is 274 g/mol. The van der Waals surface area contributed by atoms with Crippen LogP contribution in [0.2, 0.25) is 0 Å². The van der Waals surface area contributed by atoms with E-state index in [9.17, 15) is 9.59 Å². The van der Waals surface area contributed by atoms with Crippen LogP contribution in [0.1, 0.15) is 33.6 Å². The van der Waals surface area contributed by atoms with E-state index in [1.165, 1.54) is 0 Å². The fourth-order valence-electron chi connectivity index (χ4n) is 1.27. The van der Waals surface area contributed by atoms with Crippen LogP contribution in [-0.4, -0.2) is 49.8 Å². The maximum Gasteiger partial charge on any atom is 0.426 e. The Morgan fingerprint density at radius 3 is 2.47 bits per heavy atom. The lowest BCUT2D eigenvalue weighted by molar-refractivity contribution is 0.147. The molecule has 19 heavy (non-hydrogen) atoms. The van der Waals surface area contributed by atoms with Gasteiger partial charge in [-0.1, -0.05) is 0 Å². The molecule has 0 saturated heterocycles. The fraction of sp³-hybridized carbons (Fsp3) is 0.833. The van der Waals surface area contributed by atoms with E-state index in [1.54, 1.807) is 6.92 Å². The minimum absolute atomic E-state index is 0.262. The van der Waals surface area contributed by atoms with Gasteiger partial charge in [-0.15, -0.1) is 0 Å². The van der Waals surface area contributed by atoms with Crippen molar-refractivity contribution in [3.8, 4) is 0 Å². The number of unbranched alkanes of at least 4 members (excludes halogenated alkanes) is 1. The lowest BCUT2D eigenvalue weighted by Crippen LogP contribution is -2.47. The Bertz CT molecular complexity index is 272. The molecule has 0 radical (unpaired) electrons. The average Bonchev–Trinajstić information content (AvgIpc) is 2.36. The largest absolute Gasteiger partial charge is 0.449 e. The smallest absolute Gasteiger partial charge is 0.426 e. The van der Waals surface area contributed by atoms with E-state index in [2.05, 4.69) is 46.7 Å². The van der Waals surface area contributed by atoms with E-state index >= 15 is 0 Å². The van der Waals surface area contributed by atoms with Gasteiger partial charge < -0.3 is 15.0 Å². The molecule has 0 aromatic heterocycles. The van der Waals surface area contributed by atoms with Gasteiger partial charge in [0.25, 0.3) is 0 Å². The average molecular weight is 274 g/mol. The molecule has 0 aromatic rings. The number of amides is 3. The summed E-state index contributed by atoms with van der Waals surface area (Å²) in [5, 5.41) is 2.64. The van der Waals surface area contributed by atoms with Crippen molar-refractivity contribution in [1.29, 1.82) is 0 Å². The molecule has 0 aromatic carbocycles. The van der Waals surface area contributed by atoms with Gasteiger partial charge in [-0.25, -0.2) is 20.4 Å². The number of nitrogens with one attached hydrogen (secondary N) is 3. The van der Waals surface area contributed by atoms with E-state index < -0.39 is 12.1 Å². The number of rotatable bonds is 7. The van der Waals surface area contributed by atoms with Crippen molar-refractivity contribution in [2.75, 3.05) is 26.7 Å². The summed E-state index contributed by atoms with van der Waals surface area (Å²) < 4.78 is 4.59. The van der Waals surface area contributed by atoms with Crippen LogP contribution in [0.4, 0.5) is 9.59 Å². The van der Waals surface area contributed by atoms with E-state index in [0.29, 0.717) is 12.6 Å². The number of hydrazine groups is 1. The molecule has 7 heteroatoms. The highest BCUT2D eigenvalue weighted by atomic mass is 16.6. The number of carbonyl (C=O) groups is 2. The van der Waals surface area contributed by atoms with Crippen molar-refractivity contribution in [1.82, 2.24) is 21.1 Å². The predicted molar refractivity (Wildman–Crippen MR) is 73.7 cm³/mol. The Kier molecular flexibility index (Phi) is 9.60. The third-order valence-electron chi connectivity index (χ3n) is 2.66. The van der Waals surface area contributed by atoms with Crippen molar-refractivity contribution in [3.05, 3.63) is 0 Å². The third kappa shape index (κ3) is 10.1. The molecule has 112 valence electrons. The second-order valence-electron chi connectivity index (χ2n) is 4.51. The molecule has 0 fully saturated rings. The van der Waals surface area contributed by atoms with Crippen molar-refractivity contribution in [3.63, 3.8) is 0 Å². The van der Waals surface area contributed by atoms with Gasteiger partial charge in [0.1, 0.15) is 0 Å². The van der Waals surface area contributed by atoms with Crippen molar-refractivity contribution >= 4 is 12.1 Å². The molecule has 0 atom stereocenters. The van der Waals surface area contributed by atoms with Crippen LogP contribution < -0.4 is 16.2 Å². The molecule has 7 nitrogen and oxygen atoms in total. The van der Waals surface area contributed by atoms with Gasteiger partial charge in [0.15, 0.2) is 0 Å². The number of urea groups is 1. The maximum absolute atomic E-state index is 11.3. The predicted octanol–water partition coefficient (Wildman–Crippen LogP) is 1.07. The topological polar surface area (TPSA) is 82.7 Å². The molecule has 3 amide bonds. The van der Waals surface area contributed by atoms with Gasteiger partial charge in [0.05, 0.1) is 6.61 Å². The zero-order valence-corrected chi connectivity index (χ0v) is 12.3. The fourth-order valence-corrected chi connectivity index (χ4v) is 1.27. The highest BCUT2D eigenvalue weighted by Gasteiger charge is 2.04. The van der Waals surface area contributed by atoms with E-state index in [-0.39, 0.29) is 6.61 Å². The Labute approximate surface area is 115 Å². The molecular weight excluding hydrogens is 248 g/mol. The number of nitrogens with zero attached hydrogens (tertiary/aromatic N) is 1. The highest BCUT2D eigenvalue weighted by Crippen LogP contribution is 1.97. The van der Waals surface area contributed by atoms with Gasteiger partial charge in [0, 0.05) is 12.6 Å². The summed E-state index contributed by atoms with van der Waals surface area (Å²) in [6.45, 7) is 7.82. The van der Waals surface area contributed by atoms with Gasteiger partial charge in [-0.2, -0.15) is 0 Å². The quantitative estimate of drug-likeness (QED) is 0.479. The number of ether oxygens (including phenoxy) is 1. The van der Waals surface area contributed by atoms with Crippen LogP contribution in [0.15, 0.2) is 0 Å². The van der Waals surface area contributed by atoms with E-state index in [0.717, 1.165) is 19.4 Å². The maximum atomic E-state index is 11.3. The van der Waals surface area contributed by atoms with Crippen molar-refractivity contribution in [2.45, 2.75) is 39.7 Å². The lowest BCUT2D eigenvalue weighted by atomic mass is 10.2. The number of hydrogen-bond acceptors (Lipinski definition) is 4. The van der Waals surface area contributed by atoms with Crippen LogP contribution in [0.5, 0.6) is 0 Å². The highest BCUT2D eigenvalue weighted by molar-refractivity contribution is 5.77. The van der Waals surface area contributed by atoms with Crippen LogP contribution in [0, 0.1) is 0 Å². The summed E-state index contributed by atoms with van der Waals surface area (Å²) in [6, 6.07) is 0.0929. The van der Waals surface area contributed by atoms with E-state index in [4.69, 9.17) is 0 Å². The number of hydrogen-bond donors (Lipinski definition) is 3. The summed E-state index contributed by atoms with van der Waals surface area (Å²) in [7, 11) is 2.08. The first-order chi connectivity index (χ1) is 8.97. The van der Waals surface area contributed by atoms with Gasteiger partial charge in [-0.3, -0.25) is 0 Å². The summed E-state index contributed by atoms with van der Waals surface area (Å²) in [5.74, 6) is 0. The summed E-state index contributed by atoms with van der Waals surface area (Å²) >= 11 is 0. The van der Waals surface area contributed by atoms with Crippen LogP contribution in [-0.2, 0) is 4.74 Å². The minimum Gasteiger partial charge on any atom is -0.449 e. The molecule has 0 aliphatic heterocycles. The molecular formula is C12H26N4O3. The summed E-state index contributed by atoms with van der Waals surface area (Å²) in [5.41, 5.74) is 4.33. The normalized spacial score (nSPS) is 10.4. The number of carbonyl (C=O) groups excluding carboxylic acids is 2. The molecule has 0 spiro atoms. The molecule has 0 bridgehead atoms. The summed E-state index contributed by atoms with van der Waals surface area (Å²) in [6.07, 6.45) is 1.24. The first-order valence-electron chi connectivity index (χ1n) is 6.64. The second kappa shape index (κ2) is 10.4. The van der Waals surface area contributed by atoms with Gasteiger partial charge >= 0.3 is 12.1 Å². The molecule has 0 saturated carbocycles. The molecule has 0 heterocycles. The third-order valence-corrected chi connectivity index (χ3v) is 2.66. The van der Waals surface area contributed by atoms with Crippen LogP contribution in [0.3, 0.4) is 0 Å². The standard InChI is InChI=1S/C12H26N4O3/c1-5-19-12(18)15-14-11(17)13-8-6-7-9-16(4)10(2)3/h10H,5-9H2,1-4H3,(H,15,18)(H2,13,14,17). The summed E-state index contributed by atoms with van der Waals surface area (Å²) in [4.78, 5) is 24.4. The SMILES string of the molecule is CCOC(=O)NNC(=O)NCCCCN(C)C(C)C. The Morgan fingerprint density at radius 2 is 1.89 bits per heavy atom. The van der Waals surface area contributed by atoms with Crippen molar-refractivity contribution < 1.29 is 14.3 Å². The van der Waals surface area contributed by atoms with E-state index in [1.807, 2.05) is 0 Å². The van der Waals surface area contributed by atoms with Gasteiger partial charge in [-0.05, 0) is 47.2 Å². The minimum atomic E-state index is -0.670. The molecule has 0 aliphatic carbocycles. The van der Waals surface area contributed by atoms with Crippen LogP contribution >= 0.6 is 0 Å². The molecule has 3 N–H and O–H groups in total. The molecule has 0 rings (SSSR count). The van der Waals surface area contributed by atoms with Crippen molar-refractivity contribution in [2.24, 2.45) is 0 Å². The molecule has 0 aliphatic rings. The lowest BCUT2D eigenvalue weighted by Gasteiger charge is -2.20. The second-order valence-corrected chi connectivity index (χ2v) is 4.51.